The number of nitrogens with one attached hydrogen (secondary N) is 1. The number of benzene rings is 1. The van der Waals surface area contributed by atoms with Crippen molar-refractivity contribution in [3.63, 3.8) is 0 Å². The average Bonchev–Trinajstić information content (AvgIpc) is 3.29. The fraction of sp³-hybridized carbons (Fsp3) is 0.143. The fourth-order valence-electron chi connectivity index (χ4n) is 2.92. The third-order valence-corrected chi connectivity index (χ3v) is 4.29. The SMILES string of the molecule is Cc1ccc(-c2cnn(CC(=O)Nc3cc(C)nn3-c3ccccn3)c2)cc1. The van der Waals surface area contributed by atoms with Crippen molar-refractivity contribution >= 4 is 11.7 Å². The van der Waals surface area contributed by atoms with E-state index in [0.717, 1.165) is 16.8 Å². The lowest BCUT2D eigenvalue weighted by Crippen LogP contribution is -2.21. The van der Waals surface area contributed by atoms with Gasteiger partial charge in [0.2, 0.25) is 5.91 Å². The minimum atomic E-state index is -0.185. The van der Waals surface area contributed by atoms with E-state index < -0.39 is 0 Å². The summed E-state index contributed by atoms with van der Waals surface area (Å²) in [5.74, 6) is 1.04. The summed E-state index contributed by atoms with van der Waals surface area (Å²) in [5, 5.41) is 11.6. The van der Waals surface area contributed by atoms with E-state index in [1.807, 2.05) is 49.5 Å². The van der Waals surface area contributed by atoms with Crippen molar-refractivity contribution in [1.29, 1.82) is 0 Å². The maximum Gasteiger partial charge on any atom is 0.247 e. The molecule has 0 saturated carbocycles. The van der Waals surface area contributed by atoms with Crippen LogP contribution in [0.3, 0.4) is 0 Å². The molecule has 4 aromatic rings. The first-order valence-corrected chi connectivity index (χ1v) is 8.96. The highest BCUT2D eigenvalue weighted by atomic mass is 16.2. The number of hydrogen-bond donors (Lipinski definition) is 1. The van der Waals surface area contributed by atoms with Crippen LogP contribution in [-0.4, -0.2) is 30.5 Å². The number of carbonyl (C=O) groups is 1. The van der Waals surface area contributed by atoms with E-state index >= 15 is 0 Å². The third-order valence-electron chi connectivity index (χ3n) is 4.29. The number of rotatable bonds is 5. The summed E-state index contributed by atoms with van der Waals surface area (Å²) in [7, 11) is 0. The number of nitrogens with zero attached hydrogens (tertiary/aromatic N) is 5. The smallest absolute Gasteiger partial charge is 0.247 e. The highest BCUT2D eigenvalue weighted by molar-refractivity contribution is 5.90. The molecule has 1 N–H and O–H groups in total. The number of amides is 1. The molecule has 28 heavy (non-hydrogen) atoms. The molecule has 0 radical (unpaired) electrons. The van der Waals surface area contributed by atoms with Gasteiger partial charge in [-0.15, -0.1) is 0 Å². The minimum absolute atomic E-state index is 0.109. The Morgan fingerprint density at radius 2 is 1.89 bits per heavy atom. The molecule has 0 bridgehead atoms. The van der Waals surface area contributed by atoms with Gasteiger partial charge >= 0.3 is 0 Å². The van der Waals surface area contributed by atoms with E-state index in [2.05, 4.69) is 39.6 Å². The van der Waals surface area contributed by atoms with Crippen LogP contribution in [0.5, 0.6) is 0 Å². The Hall–Kier alpha value is -3.74. The van der Waals surface area contributed by atoms with Crippen molar-refractivity contribution in [3.05, 3.63) is 78.4 Å². The Morgan fingerprint density at radius 1 is 1.07 bits per heavy atom. The molecule has 7 nitrogen and oxygen atoms in total. The third kappa shape index (κ3) is 3.83. The van der Waals surface area contributed by atoms with Crippen LogP contribution in [0.25, 0.3) is 16.9 Å². The Bertz CT molecular complexity index is 1100. The van der Waals surface area contributed by atoms with Crippen molar-refractivity contribution < 1.29 is 4.79 Å². The monoisotopic (exact) mass is 372 g/mol. The molecule has 0 aliphatic heterocycles. The molecule has 7 heteroatoms. The first-order valence-electron chi connectivity index (χ1n) is 8.96. The lowest BCUT2D eigenvalue weighted by molar-refractivity contribution is -0.116. The molecule has 0 fully saturated rings. The second-order valence-corrected chi connectivity index (χ2v) is 6.61. The Labute approximate surface area is 162 Å². The average molecular weight is 372 g/mol. The van der Waals surface area contributed by atoms with Crippen LogP contribution in [0.1, 0.15) is 11.3 Å². The van der Waals surface area contributed by atoms with Crippen molar-refractivity contribution in [2.24, 2.45) is 0 Å². The lowest BCUT2D eigenvalue weighted by Gasteiger charge is -2.08. The summed E-state index contributed by atoms with van der Waals surface area (Å²) >= 11 is 0. The zero-order valence-corrected chi connectivity index (χ0v) is 15.7. The van der Waals surface area contributed by atoms with E-state index in [-0.39, 0.29) is 12.5 Å². The Kier molecular flexibility index (Phi) is 4.72. The molecular formula is C21H20N6O. The number of hydrogen-bond acceptors (Lipinski definition) is 4. The molecule has 0 unspecified atom stereocenters. The molecule has 0 aliphatic rings. The molecule has 0 saturated heterocycles. The van der Waals surface area contributed by atoms with Crippen LogP contribution in [0.15, 0.2) is 67.1 Å². The van der Waals surface area contributed by atoms with E-state index in [9.17, 15) is 4.79 Å². The van der Waals surface area contributed by atoms with Gasteiger partial charge in [0.05, 0.1) is 11.9 Å². The minimum Gasteiger partial charge on any atom is -0.309 e. The summed E-state index contributed by atoms with van der Waals surface area (Å²) < 4.78 is 3.24. The van der Waals surface area contributed by atoms with Crippen molar-refractivity contribution in [2.75, 3.05) is 5.32 Å². The zero-order valence-electron chi connectivity index (χ0n) is 15.7. The van der Waals surface area contributed by atoms with E-state index in [1.165, 1.54) is 5.56 Å². The molecule has 0 atom stereocenters. The molecule has 1 amide bonds. The number of aryl methyl sites for hydroxylation is 2. The molecule has 1 aromatic carbocycles. The highest BCUT2D eigenvalue weighted by Crippen LogP contribution is 2.19. The number of anilines is 1. The largest absolute Gasteiger partial charge is 0.309 e. The highest BCUT2D eigenvalue weighted by Gasteiger charge is 2.13. The fourth-order valence-corrected chi connectivity index (χ4v) is 2.92. The second kappa shape index (κ2) is 7.48. The predicted octanol–water partition coefficient (Wildman–Crippen LogP) is 3.39. The standard InChI is InChI=1S/C21H20N6O/c1-15-6-8-17(9-7-15)18-12-23-26(13-18)14-21(28)24-20-11-16(2)25-27(20)19-5-3-4-10-22-19/h3-13H,14H2,1-2H3,(H,24,28). The van der Waals surface area contributed by atoms with Gasteiger partial charge in [-0.25, -0.2) is 4.98 Å². The van der Waals surface area contributed by atoms with Gasteiger partial charge in [0.15, 0.2) is 5.82 Å². The summed E-state index contributed by atoms with van der Waals surface area (Å²) in [4.78, 5) is 16.8. The van der Waals surface area contributed by atoms with Gasteiger partial charge in [0, 0.05) is 24.0 Å². The van der Waals surface area contributed by atoms with Gasteiger partial charge in [0.25, 0.3) is 0 Å². The van der Waals surface area contributed by atoms with Crippen LogP contribution in [0, 0.1) is 13.8 Å². The van der Waals surface area contributed by atoms with Crippen molar-refractivity contribution in [3.8, 4) is 16.9 Å². The molecule has 3 aromatic heterocycles. The predicted molar refractivity (Wildman–Crippen MR) is 107 cm³/mol. The van der Waals surface area contributed by atoms with Crippen LogP contribution in [-0.2, 0) is 11.3 Å². The number of pyridine rings is 1. The van der Waals surface area contributed by atoms with Crippen LogP contribution >= 0.6 is 0 Å². The molecule has 0 spiro atoms. The Balaban J connectivity index is 1.48. The second-order valence-electron chi connectivity index (χ2n) is 6.61. The van der Waals surface area contributed by atoms with Gasteiger partial charge in [-0.3, -0.25) is 9.48 Å². The molecule has 0 aliphatic carbocycles. The maximum absolute atomic E-state index is 12.5. The number of carbonyl (C=O) groups excluding carboxylic acids is 1. The van der Waals surface area contributed by atoms with Crippen molar-refractivity contribution in [1.82, 2.24) is 24.5 Å². The summed E-state index contributed by atoms with van der Waals surface area (Å²) in [5.41, 5.74) is 4.04. The number of aromatic nitrogens is 5. The molecule has 140 valence electrons. The van der Waals surface area contributed by atoms with Crippen molar-refractivity contribution in [2.45, 2.75) is 20.4 Å². The quantitative estimate of drug-likeness (QED) is 0.582. The summed E-state index contributed by atoms with van der Waals surface area (Å²) in [6, 6.07) is 15.6. The first kappa shape index (κ1) is 17.7. The van der Waals surface area contributed by atoms with Gasteiger partial charge in [0.1, 0.15) is 12.4 Å². The van der Waals surface area contributed by atoms with Gasteiger partial charge in [-0.05, 0) is 31.5 Å². The van der Waals surface area contributed by atoms with Gasteiger partial charge in [-0.1, -0.05) is 35.9 Å². The van der Waals surface area contributed by atoms with Gasteiger partial charge in [-0.2, -0.15) is 14.9 Å². The molecule has 3 heterocycles. The lowest BCUT2D eigenvalue weighted by atomic mass is 10.1. The molecular weight excluding hydrogens is 352 g/mol. The van der Waals surface area contributed by atoms with E-state index in [1.54, 1.807) is 21.8 Å². The summed E-state index contributed by atoms with van der Waals surface area (Å²) in [6.07, 6.45) is 5.32. The van der Waals surface area contributed by atoms with E-state index in [0.29, 0.717) is 11.6 Å². The van der Waals surface area contributed by atoms with Crippen LogP contribution < -0.4 is 5.32 Å². The molecule has 4 rings (SSSR count). The summed E-state index contributed by atoms with van der Waals surface area (Å²) in [6.45, 7) is 4.03. The topological polar surface area (TPSA) is 77.6 Å². The van der Waals surface area contributed by atoms with E-state index in [4.69, 9.17) is 0 Å². The Morgan fingerprint density at radius 3 is 2.64 bits per heavy atom. The zero-order chi connectivity index (χ0) is 19.5. The normalized spacial score (nSPS) is 10.8. The maximum atomic E-state index is 12.5. The van der Waals surface area contributed by atoms with Crippen LogP contribution in [0.4, 0.5) is 5.82 Å². The van der Waals surface area contributed by atoms with Gasteiger partial charge < -0.3 is 5.32 Å². The van der Waals surface area contributed by atoms with Crippen LogP contribution in [0.2, 0.25) is 0 Å². The first-order chi connectivity index (χ1) is 13.6.